The second kappa shape index (κ2) is 4.97. The maximum Gasteiger partial charge on any atom is 0.261 e. The van der Waals surface area contributed by atoms with Gasteiger partial charge in [0.2, 0.25) is 0 Å². The van der Waals surface area contributed by atoms with Gasteiger partial charge in [0, 0.05) is 17.0 Å². The summed E-state index contributed by atoms with van der Waals surface area (Å²) in [4.78, 5) is 20.3. The lowest BCUT2D eigenvalue weighted by atomic mass is 9.93. The number of nitrogen functional groups attached to an aromatic ring is 1. The molecule has 1 amide bonds. The smallest absolute Gasteiger partial charge is 0.261 e. The molecule has 2 aromatic heterocycles. The van der Waals surface area contributed by atoms with E-state index in [1.54, 1.807) is 18.3 Å². The van der Waals surface area contributed by atoms with Gasteiger partial charge in [-0.25, -0.2) is 9.97 Å². The second-order valence-corrected chi connectivity index (χ2v) is 6.04. The number of rotatable bonds is 2. The summed E-state index contributed by atoms with van der Waals surface area (Å²) in [5, 5.41) is 5.25. The van der Waals surface area contributed by atoms with Crippen molar-refractivity contribution in [1.29, 1.82) is 0 Å². The fourth-order valence-corrected chi connectivity index (χ4v) is 2.38. The molecule has 0 fully saturated rings. The van der Waals surface area contributed by atoms with Gasteiger partial charge in [0.05, 0.1) is 11.3 Å². The third-order valence-corrected chi connectivity index (χ3v) is 3.33. The Morgan fingerprint density at radius 2 is 2.16 bits per heavy atom. The minimum absolute atomic E-state index is 0.0349. The zero-order valence-electron chi connectivity index (χ0n) is 11.1. The molecule has 6 heteroatoms. The lowest BCUT2D eigenvalue weighted by molar-refractivity contribution is 0.102. The Morgan fingerprint density at radius 3 is 2.74 bits per heavy atom. The number of carbonyl (C=O) groups excluding carboxylic acids is 1. The molecule has 0 aliphatic heterocycles. The molecular formula is C13H16N4OS. The first-order valence-corrected chi connectivity index (χ1v) is 6.74. The largest absolute Gasteiger partial charge is 0.383 e. The van der Waals surface area contributed by atoms with E-state index >= 15 is 0 Å². The van der Waals surface area contributed by atoms with E-state index in [2.05, 4.69) is 36.1 Å². The number of amides is 1. The number of carbonyl (C=O) groups is 1. The van der Waals surface area contributed by atoms with Crippen molar-refractivity contribution < 1.29 is 4.79 Å². The molecule has 5 nitrogen and oxygen atoms in total. The van der Waals surface area contributed by atoms with Gasteiger partial charge >= 0.3 is 0 Å². The summed E-state index contributed by atoms with van der Waals surface area (Å²) in [5.41, 5.74) is 6.93. The van der Waals surface area contributed by atoms with E-state index in [9.17, 15) is 4.79 Å². The van der Waals surface area contributed by atoms with Gasteiger partial charge in [-0.1, -0.05) is 20.8 Å². The Labute approximate surface area is 115 Å². The van der Waals surface area contributed by atoms with Gasteiger partial charge in [-0.3, -0.25) is 10.1 Å². The summed E-state index contributed by atoms with van der Waals surface area (Å²) in [6.07, 6.45) is 1.55. The molecule has 0 bridgehead atoms. The molecule has 19 heavy (non-hydrogen) atoms. The third kappa shape index (κ3) is 3.08. The minimum atomic E-state index is -0.291. The van der Waals surface area contributed by atoms with Crippen LogP contribution in [0, 0.1) is 0 Å². The van der Waals surface area contributed by atoms with E-state index in [4.69, 9.17) is 5.73 Å². The van der Waals surface area contributed by atoms with Crippen molar-refractivity contribution in [2.24, 2.45) is 0 Å². The molecule has 0 aliphatic rings. The van der Waals surface area contributed by atoms with E-state index in [1.165, 1.54) is 11.3 Å². The predicted octanol–water partition coefficient (Wildman–Crippen LogP) is 2.67. The first-order valence-electron chi connectivity index (χ1n) is 5.86. The summed E-state index contributed by atoms with van der Waals surface area (Å²) in [6.45, 7) is 6.23. The van der Waals surface area contributed by atoms with E-state index in [0.717, 1.165) is 5.69 Å². The molecular weight excluding hydrogens is 260 g/mol. The molecule has 100 valence electrons. The highest BCUT2D eigenvalue weighted by atomic mass is 32.1. The van der Waals surface area contributed by atoms with E-state index < -0.39 is 0 Å². The fraction of sp³-hybridized carbons (Fsp3) is 0.308. The highest BCUT2D eigenvalue weighted by molar-refractivity contribution is 7.14. The topological polar surface area (TPSA) is 80.9 Å². The summed E-state index contributed by atoms with van der Waals surface area (Å²) in [5.74, 6) is -0.0759. The van der Waals surface area contributed by atoms with Crippen molar-refractivity contribution in [2.45, 2.75) is 26.2 Å². The Bertz CT molecular complexity index is 601. The summed E-state index contributed by atoms with van der Waals surface area (Å²) < 4.78 is 0. The zero-order valence-corrected chi connectivity index (χ0v) is 11.9. The lowest BCUT2D eigenvalue weighted by Gasteiger charge is -2.14. The average molecular weight is 276 g/mol. The van der Waals surface area contributed by atoms with E-state index in [0.29, 0.717) is 10.7 Å². The van der Waals surface area contributed by atoms with Crippen LogP contribution < -0.4 is 11.1 Å². The second-order valence-electron chi connectivity index (χ2n) is 5.18. The summed E-state index contributed by atoms with van der Waals surface area (Å²) in [6, 6.07) is 3.31. The standard InChI is InChI=1S/C13H16N4OS/c1-13(2,3)9-7-19-12(16-9)17-11(18)8-5-4-6-15-10(8)14/h4-7H,1-3H3,(H2,14,15)(H,16,17,18). The fourth-order valence-electron chi connectivity index (χ4n) is 1.45. The van der Waals surface area contributed by atoms with Crippen LogP contribution in [0.15, 0.2) is 23.7 Å². The Balaban J connectivity index is 2.16. The van der Waals surface area contributed by atoms with Gasteiger partial charge in [-0.05, 0) is 12.1 Å². The highest BCUT2D eigenvalue weighted by Crippen LogP contribution is 2.26. The molecule has 0 saturated heterocycles. The number of nitrogens with two attached hydrogens (primary N) is 1. The maximum absolute atomic E-state index is 12.0. The van der Waals surface area contributed by atoms with Crippen LogP contribution in [0.25, 0.3) is 0 Å². The normalized spacial score (nSPS) is 11.3. The number of nitrogens with one attached hydrogen (secondary N) is 1. The van der Waals surface area contributed by atoms with Crippen molar-refractivity contribution in [3.8, 4) is 0 Å². The van der Waals surface area contributed by atoms with Gasteiger partial charge < -0.3 is 5.73 Å². The van der Waals surface area contributed by atoms with Gasteiger partial charge in [0.1, 0.15) is 5.82 Å². The lowest BCUT2D eigenvalue weighted by Crippen LogP contribution is -2.15. The highest BCUT2D eigenvalue weighted by Gasteiger charge is 2.19. The molecule has 0 radical (unpaired) electrons. The van der Waals surface area contributed by atoms with Gasteiger partial charge in [-0.2, -0.15) is 0 Å². The van der Waals surface area contributed by atoms with Crippen LogP contribution in [-0.2, 0) is 5.41 Å². The molecule has 0 aromatic carbocycles. The zero-order chi connectivity index (χ0) is 14.0. The van der Waals surface area contributed by atoms with Crippen LogP contribution in [-0.4, -0.2) is 15.9 Å². The monoisotopic (exact) mass is 276 g/mol. The SMILES string of the molecule is CC(C)(C)c1csc(NC(=O)c2cccnc2N)n1. The third-order valence-electron chi connectivity index (χ3n) is 2.58. The van der Waals surface area contributed by atoms with E-state index in [-0.39, 0.29) is 17.1 Å². The Hall–Kier alpha value is -1.95. The van der Waals surface area contributed by atoms with Crippen LogP contribution in [0.2, 0.25) is 0 Å². The molecule has 0 saturated carbocycles. The molecule has 0 unspecified atom stereocenters. The molecule has 0 spiro atoms. The maximum atomic E-state index is 12.0. The Kier molecular flexibility index (Phi) is 3.53. The molecule has 2 heterocycles. The van der Waals surface area contributed by atoms with Crippen LogP contribution in [0.1, 0.15) is 36.8 Å². The number of aromatic nitrogens is 2. The molecule has 0 aliphatic carbocycles. The Morgan fingerprint density at radius 1 is 1.42 bits per heavy atom. The predicted molar refractivity (Wildman–Crippen MR) is 77.4 cm³/mol. The molecule has 2 rings (SSSR count). The summed E-state index contributed by atoms with van der Waals surface area (Å²) in [7, 11) is 0. The van der Waals surface area contributed by atoms with Crippen molar-refractivity contribution in [1.82, 2.24) is 9.97 Å². The van der Waals surface area contributed by atoms with Gasteiger partial charge in [-0.15, -0.1) is 11.3 Å². The first-order chi connectivity index (χ1) is 8.88. The molecule has 0 atom stereocenters. The number of hydrogen-bond donors (Lipinski definition) is 2. The van der Waals surface area contributed by atoms with Crippen molar-refractivity contribution in [2.75, 3.05) is 11.1 Å². The molecule has 2 aromatic rings. The van der Waals surface area contributed by atoms with Gasteiger partial charge in [0.25, 0.3) is 5.91 Å². The van der Waals surface area contributed by atoms with E-state index in [1.807, 2.05) is 5.38 Å². The van der Waals surface area contributed by atoms with Crippen LogP contribution in [0.3, 0.4) is 0 Å². The first kappa shape index (κ1) is 13.5. The van der Waals surface area contributed by atoms with Gasteiger partial charge in [0.15, 0.2) is 5.13 Å². The average Bonchev–Trinajstić information content (AvgIpc) is 2.77. The van der Waals surface area contributed by atoms with Crippen LogP contribution in [0.4, 0.5) is 10.9 Å². The number of nitrogens with zero attached hydrogens (tertiary/aromatic N) is 2. The van der Waals surface area contributed by atoms with Crippen LogP contribution >= 0.6 is 11.3 Å². The van der Waals surface area contributed by atoms with Crippen molar-refractivity contribution in [3.63, 3.8) is 0 Å². The number of thiazole rings is 1. The quantitative estimate of drug-likeness (QED) is 0.883. The number of pyridine rings is 1. The van der Waals surface area contributed by atoms with Crippen molar-refractivity contribution in [3.05, 3.63) is 35.0 Å². The minimum Gasteiger partial charge on any atom is -0.383 e. The van der Waals surface area contributed by atoms with Crippen molar-refractivity contribution >= 4 is 28.2 Å². The summed E-state index contributed by atoms with van der Waals surface area (Å²) >= 11 is 1.40. The van der Waals surface area contributed by atoms with Crippen LogP contribution in [0.5, 0.6) is 0 Å². The number of hydrogen-bond acceptors (Lipinski definition) is 5. The number of anilines is 2. The molecule has 3 N–H and O–H groups in total.